The predicted molar refractivity (Wildman–Crippen MR) is 81.0 cm³/mol. The summed E-state index contributed by atoms with van der Waals surface area (Å²) in [7, 11) is 0. The van der Waals surface area contributed by atoms with E-state index < -0.39 is 0 Å². The molecule has 20 heavy (non-hydrogen) atoms. The monoisotopic (exact) mass is 270 g/mol. The molecule has 1 heterocycles. The lowest BCUT2D eigenvalue weighted by Crippen LogP contribution is -2.49. The summed E-state index contributed by atoms with van der Waals surface area (Å²) in [6, 6.07) is 4.27. The Labute approximate surface area is 122 Å². The number of hydrogen-bond acceptors (Lipinski definition) is 2. The third kappa shape index (κ3) is 2.18. The molecule has 2 heteroatoms. The first-order valence-electron chi connectivity index (χ1n) is 8.42. The summed E-state index contributed by atoms with van der Waals surface area (Å²) < 4.78 is 0. The standard InChI is InChI=1S/C18H26N2/c19-10-17(5-12-2-1-3-20-11-12)18-15-6-13-4-14(8-15)9-16(18)7-13/h1-3,11,13-18H,4-10,19H2. The molecular formula is C18H26N2. The number of rotatable bonds is 4. The fourth-order valence-corrected chi connectivity index (χ4v) is 5.94. The number of nitrogens with two attached hydrogens (primary N) is 1. The highest BCUT2D eigenvalue weighted by molar-refractivity contribution is 5.11. The van der Waals surface area contributed by atoms with E-state index in [0.29, 0.717) is 5.92 Å². The summed E-state index contributed by atoms with van der Waals surface area (Å²) in [6.07, 6.45) is 12.6. The molecule has 4 saturated carbocycles. The topological polar surface area (TPSA) is 38.9 Å². The minimum atomic E-state index is 0.675. The summed E-state index contributed by atoms with van der Waals surface area (Å²) in [5.74, 6) is 5.66. The first-order chi connectivity index (χ1) is 9.83. The van der Waals surface area contributed by atoms with Gasteiger partial charge in [-0.1, -0.05) is 6.07 Å². The second kappa shape index (κ2) is 5.14. The van der Waals surface area contributed by atoms with Gasteiger partial charge in [-0.05, 0) is 92.2 Å². The van der Waals surface area contributed by atoms with Gasteiger partial charge < -0.3 is 5.73 Å². The number of nitrogens with zero attached hydrogens (tertiary/aromatic N) is 1. The van der Waals surface area contributed by atoms with Crippen molar-refractivity contribution in [2.45, 2.75) is 38.5 Å². The van der Waals surface area contributed by atoms with E-state index in [2.05, 4.69) is 17.1 Å². The van der Waals surface area contributed by atoms with Crippen LogP contribution in [0.1, 0.15) is 37.7 Å². The Morgan fingerprint density at radius 3 is 2.35 bits per heavy atom. The van der Waals surface area contributed by atoms with Crippen molar-refractivity contribution in [3.05, 3.63) is 30.1 Å². The molecule has 0 saturated heterocycles. The van der Waals surface area contributed by atoms with Gasteiger partial charge in [0.05, 0.1) is 0 Å². The van der Waals surface area contributed by atoms with Crippen LogP contribution in [0.5, 0.6) is 0 Å². The van der Waals surface area contributed by atoms with Crippen LogP contribution in [0, 0.1) is 35.5 Å². The van der Waals surface area contributed by atoms with Gasteiger partial charge >= 0.3 is 0 Å². The second-order valence-electron chi connectivity index (χ2n) is 7.57. The maximum atomic E-state index is 6.18. The van der Waals surface area contributed by atoms with Crippen molar-refractivity contribution < 1.29 is 0 Å². The average Bonchev–Trinajstić information content (AvgIpc) is 2.46. The van der Waals surface area contributed by atoms with Crippen LogP contribution in [-0.4, -0.2) is 11.5 Å². The highest BCUT2D eigenvalue weighted by Gasteiger charge is 2.49. The van der Waals surface area contributed by atoms with E-state index in [4.69, 9.17) is 5.73 Å². The molecule has 4 fully saturated rings. The molecule has 0 aliphatic heterocycles. The maximum absolute atomic E-state index is 6.18. The Balaban J connectivity index is 1.53. The normalized spacial score (nSPS) is 40.0. The van der Waals surface area contributed by atoms with Crippen LogP contribution < -0.4 is 5.73 Å². The van der Waals surface area contributed by atoms with E-state index in [-0.39, 0.29) is 0 Å². The molecule has 0 amide bonds. The fraction of sp³-hybridized carbons (Fsp3) is 0.722. The van der Waals surface area contributed by atoms with Gasteiger partial charge in [-0.2, -0.15) is 0 Å². The van der Waals surface area contributed by atoms with E-state index in [1.54, 1.807) is 0 Å². The minimum absolute atomic E-state index is 0.675. The second-order valence-corrected chi connectivity index (χ2v) is 7.57. The molecule has 1 aromatic heterocycles. The number of aromatic nitrogens is 1. The Morgan fingerprint density at radius 2 is 1.80 bits per heavy atom. The molecular weight excluding hydrogens is 244 g/mol. The molecule has 5 rings (SSSR count). The zero-order chi connectivity index (χ0) is 13.5. The van der Waals surface area contributed by atoms with Crippen molar-refractivity contribution >= 4 is 0 Å². The summed E-state index contributed by atoms with van der Waals surface area (Å²) in [6.45, 7) is 0.849. The van der Waals surface area contributed by atoms with Crippen molar-refractivity contribution in [3.63, 3.8) is 0 Å². The molecule has 2 nitrogen and oxygen atoms in total. The van der Waals surface area contributed by atoms with Crippen molar-refractivity contribution in [1.29, 1.82) is 0 Å². The van der Waals surface area contributed by atoms with Crippen LogP contribution in [0.25, 0.3) is 0 Å². The Kier molecular flexibility index (Phi) is 3.30. The first kappa shape index (κ1) is 12.8. The lowest BCUT2D eigenvalue weighted by molar-refractivity contribution is -0.0599. The average molecular weight is 270 g/mol. The van der Waals surface area contributed by atoms with Crippen molar-refractivity contribution in [3.8, 4) is 0 Å². The molecule has 0 aromatic carbocycles. The Bertz CT molecular complexity index is 428. The van der Waals surface area contributed by atoms with Gasteiger partial charge in [0.2, 0.25) is 0 Å². The van der Waals surface area contributed by atoms with Crippen LogP contribution in [0.3, 0.4) is 0 Å². The zero-order valence-electron chi connectivity index (χ0n) is 12.2. The van der Waals surface area contributed by atoms with E-state index >= 15 is 0 Å². The lowest BCUT2D eigenvalue weighted by Gasteiger charge is -2.56. The molecule has 1 atom stereocenters. The van der Waals surface area contributed by atoms with Gasteiger partial charge in [-0.3, -0.25) is 4.98 Å². The largest absolute Gasteiger partial charge is 0.330 e. The molecule has 2 N–H and O–H groups in total. The Hall–Kier alpha value is -0.890. The zero-order valence-corrected chi connectivity index (χ0v) is 12.2. The summed E-state index contributed by atoms with van der Waals surface area (Å²) >= 11 is 0. The fourth-order valence-electron chi connectivity index (χ4n) is 5.94. The molecule has 0 radical (unpaired) electrons. The molecule has 4 aliphatic rings. The number of pyridine rings is 1. The summed E-state index contributed by atoms with van der Waals surface area (Å²) in [5.41, 5.74) is 7.55. The van der Waals surface area contributed by atoms with Gasteiger partial charge in [0.15, 0.2) is 0 Å². The van der Waals surface area contributed by atoms with Crippen LogP contribution in [0.4, 0.5) is 0 Å². The molecule has 108 valence electrons. The van der Waals surface area contributed by atoms with Crippen LogP contribution in [0.15, 0.2) is 24.5 Å². The summed E-state index contributed by atoms with van der Waals surface area (Å²) in [4.78, 5) is 4.27. The van der Waals surface area contributed by atoms with Gasteiger partial charge in [0.25, 0.3) is 0 Å². The van der Waals surface area contributed by atoms with Crippen molar-refractivity contribution in [2.75, 3.05) is 6.54 Å². The maximum Gasteiger partial charge on any atom is 0.0299 e. The van der Waals surface area contributed by atoms with Crippen LogP contribution >= 0.6 is 0 Å². The molecule has 4 aliphatic carbocycles. The first-order valence-corrected chi connectivity index (χ1v) is 8.42. The van der Waals surface area contributed by atoms with E-state index in [0.717, 1.165) is 42.6 Å². The van der Waals surface area contributed by atoms with Gasteiger partial charge in [0.1, 0.15) is 0 Å². The van der Waals surface area contributed by atoms with Crippen molar-refractivity contribution in [2.24, 2.45) is 41.2 Å². The van der Waals surface area contributed by atoms with E-state index in [1.165, 1.54) is 37.7 Å². The number of hydrogen-bond donors (Lipinski definition) is 1. The molecule has 1 unspecified atom stereocenters. The van der Waals surface area contributed by atoms with E-state index in [9.17, 15) is 0 Å². The molecule has 0 spiro atoms. The summed E-state index contributed by atoms with van der Waals surface area (Å²) in [5, 5.41) is 0. The van der Waals surface area contributed by atoms with Crippen LogP contribution in [-0.2, 0) is 6.42 Å². The Morgan fingerprint density at radius 1 is 1.10 bits per heavy atom. The lowest BCUT2D eigenvalue weighted by atomic mass is 9.49. The van der Waals surface area contributed by atoms with Crippen LogP contribution in [0.2, 0.25) is 0 Å². The highest BCUT2D eigenvalue weighted by Crippen LogP contribution is 2.58. The molecule has 1 aromatic rings. The smallest absolute Gasteiger partial charge is 0.0299 e. The highest BCUT2D eigenvalue weighted by atomic mass is 14.6. The predicted octanol–water partition coefficient (Wildman–Crippen LogP) is 3.27. The minimum Gasteiger partial charge on any atom is -0.330 e. The van der Waals surface area contributed by atoms with Gasteiger partial charge in [-0.25, -0.2) is 0 Å². The van der Waals surface area contributed by atoms with Gasteiger partial charge in [-0.15, -0.1) is 0 Å². The van der Waals surface area contributed by atoms with Gasteiger partial charge in [0, 0.05) is 12.4 Å². The quantitative estimate of drug-likeness (QED) is 0.912. The van der Waals surface area contributed by atoms with Crippen molar-refractivity contribution in [1.82, 2.24) is 4.98 Å². The molecule has 4 bridgehead atoms. The SMILES string of the molecule is NCC(Cc1cccnc1)C1C2CC3CC(C2)CC1C3. The third-order valence-corrected chi connectivity index (χ3v) is 6.37. The third-order valence-electron chi connectivity index (χ3n) is 6.37. The van der Waals surface area contributed by atoms with E-state index in [1.807, 2.05) is 12.4 Å².